The van der Waals surface area contributed by atoms with Gasteiger partial charge in [-0.05, 0) is 31.9 Å². The molecule has 2 N–H and O–H groups in total. The second-order valence-corrected chi connectivity index (χ2v) is 7.19. The minimum atomic E-state index is 0. The third kappa shape index (κ3) is 5.79. The van der Waals surface area contributed by atoms with E-state index in [-0.39, 0.29) is 24.0 Å². The molecule has 1 aliphatic heterocycles. The van der Waals surface area contributed by atoms with Crippen LogP contribution in [0.2, 0.25) is 0 Å². The monoisotopic (exact) mass is 506 g/mol. The molecule has 2 rings (SSSR count). The van der Waals surface area contributed by atoms with Crippen LogP contribution < -0.4 is 24.8 Å². The number of likely N-dealkylation sites (tertiary alicyclic amines) is 1. The maximum atomic E-state index is 5.55. The van der Waals surface area contributed by atoms with Crippen molar-refractivity contribution in [3.8, 4) is 17.2 Å². The summed E-state index contributed by atoms with van der Waals surface area (Å²) in [5.41, 5.74) is 0.973. The molecule has 0 spiro atoms. The fraction of sp³-hybridized carbons (Fsp3) is 0.650. The zero-order valence-electron chi connectivity index (χ0n) is 18.0. The van der Waals surface area contributed by atoms with Crippen LogP contribution in [0.3, 0.4) is 0 Å². The van der Waals surface area contributed by atoms with E-state index in [1.54, 1.807) is 28.4 Å². The first-order chi connectivity index (χ1) is 12.9. The number of aliphatic imine (C=N–C) groups is 1. The van der Waals surface area contributed by atoms with Crippen LogP contribution >= 0.6 is 24.0 Å². The normalized spacial score (nSPS) is 19.9. The Morgan fingerprint density at radius 2 is 1.82 bits per heavy atom. The van der Waals surface area contributed by atoms with Gasteiger partial charge in [-0.1, -0.05) is 6.92 Å². The fourth-order valence-electron chi connectivity index (χ4n) is 3.47. The summed E-state index contributed by atoms with van der Waals surface area (Å²) in [6.45, 7) is 9.47. The van der Waals surface area contributed by atoms with E-state index < -0.39 is 0 Å². The summed E-state index contributed by atoms with van der Waals surface area (Å²) in [6.07, 6.45) is 0. The van der Waals surface area contributed by atoms with Crippen molar-refractivity contribution in [1.82, 2.24) is 15.5 Å². The Hall–Kier alpha value is -1.42. The minimum absolute atomic E-state index is 0. The van der Waals surface area contributed by atoms with Crippen molar-refractivity contribution in [2.45, 2.75) is 39.4 Å². The molecule has 7 nitrogen and oxygen atoms in total. The van der Waals surface area contributed by atoms with Crippen LogP contribution in [0.5, 0.6) is 17.2 Å². The lowest BCUT2D eigenvalue weighted by molar-refractivity contribution is 0.265. The summed E-state index contributed by atoms with van der Waals surface area (Å²) in [7, 11) is 6.65. The van der Waals surface area contributed by atoms with E-state index in [1.807, 2.05) is 12.1 Å². The average molecular weight is 506 g/mol. The van der Waals surface area contributed by atoms with E-state index in [1.165, 1.54) is 0 Å². The molecule has 0 bridgehead atoms. The van der Waals surface area contributed by atoms with Crippen LogP contribution in [-0.2, 0) is 6.54 Å². The first kappa shape index (κ1) is 24.6. The molecule has 1 saturated heterocycles. The van der Waals surface area contributed by atoms with Gasteiger partial charge in [0.1, 0.15) is 0 Å². The van der Waals surface area contributed by atoms with Gasteiger partial charge >= 0.3 is 0 Å². The number of hydrogen-bond acceptors (Lipinski definition) is 5. The van der Waals surface area contributed by atoms with Gasteiger partial charge in [-0.25, -0.2) is 0 Å². The van der Waals surface area contributed by atoms with E-state index in [2.05, 4.69) is 41.3 Å². The van der Waals surface area contributed by atoms with Crippen molar-refractivity contribution in [2.75, 3.05) is 41.5 Å². The fourth-order valence-corrected chi connectivity index (χ4v) is 3.47. The Labute approximate surface area is 186 Å². The molecule has 0 radical (unpaired) electrons. The molecule has 8 heteroatoms. The molecular formula is C20H35IN4O3. The molecule has 1 fully saturated rings. The maximum Gasteiger partial charge on any atom is 0.203 e. The van der Waals surface area contributed by atoms with Crippen LogP contribution in [0, 0.1) is 5.92 Å². The molecule has 0 aliphatic carbocycles. The number of guanidine groups is 1. The second-order valence-electron chi connectivity index (χ2n) is 7.19. The highest BCUT2D eigenvalue weighted by molar-refractivity contribution is 14.0. The molecule has 2 atom stereocenters. The molecule has 0 aromatic heterocycles. The minimum Gasteiger partial charge on any atom is -0.493 e. The Bertz CT molecular complexity index is 655. The van der Waals surface area contributed by atoms with Gasteiger partial charge in [-0.3, -0.25) is 9.89 Å². The summed E-state index contributed by atoms with van der Waals surface area (Å²) in [6, 6.07) is 4.80. The van der Waals surface area contributed by atoms with Crippen molar-refractivity contribution in [3.63, 3.8) is 0 Å². The number of ether oxygens (including phenoxy) is 3. The highest BCUT2D eigenvalue weighted by atomic mass is 127. The van der Waals surface area contributed by atoms with Gasteiger partial charge in [-0.2, -0.15) is 0 Å². The Balaban J connectivity index is 0.00000392. The molecule has 1 aromatic rings. The van der Waals surface area contributed by atoms with E-state index >= 15 is 0 Å². The highest BCUT2D eigenvalue weighted by Gasteiger charge is 2.31. The molecule has 1 aliphatic rings. The number of nitrogens with one attached hydrogen (secondary N) is 2. The molecule has 2 unspecified atom stereocenters. The lowest BCUT2D eigenvalue weighted by Gasteiger charge is -2.22. The standard InChI is InChI=1S/C20H34N4O3.HI/c1-13(2)24-11-14(3)16(12-24)23-20(21-4)22-10-15-8-9-17(25-5)19(27-7)18(15)26-6;/h8-9,13-14,16H,10-12H2,1-7H3,(H2,21,22,23);1H. The number of benzene rings is 1. The number of nitrogens with zero attached hydrogens (tertiary/aromatic N) is 2. The SMILES string of the molecule is CN=C(NCc1ccc(OC)c(OC)c1OC)NC1CN(C(C)C)CC1C.I. The number of halogens is 1. The summed E-state index contributed by atoms with van der Waals surface area (Å²) in [4.78, 5) is 6.87. The van der Waals surface area contributed by atoms with Crippen molar-refractivity contribution < 1.29 is 14.2 Å². The largest absolute Gasteiger partial charge is 0.493 e. The molecule has 28 heavy (non-hydrogen) atoms. The average Bonchev–Trinajstić information content (AvgIpc) is 3.04. The molecule has 1 aromatic carbocycles. The topological polar surface area (TPSA) is 67.4 Å². The van der Waals surface area contributed by atoms with Gasteiger partial charge < -0.3 is 24.8 Å². The van der Waals surface area contributed by atoms with Gasteiger partial charge in [0, 0.05) is 44.3 Å². The van der Waals surface area contributed by atoms with Gasteiger partial charge in [0.15, 0.2) is 17.5 Å². The maximum absolute atomic E-state index is 5.55. The Kier molecular flexibility index (Phi) is 10.2. The third-order valence-electron chi connectivity index (χ3n) is 5.15. The number of rotatable bonds is 7. The smallest absolute Gasteiger partial charge is 0.203 e. The Morgan fingerprint density at radius 1 is 1.14 bits per heavy atom. The van der Waals surface area contributed by atoms with Crippen molar-refractivity contribution in [2.24, 2.45) is 10.9 Å². The first-order valence-electron chi connectivity index (χ1n) is 9.44. The molecule has 0 saturated carbocycles. The molecule has 160 valence electrons. The summed E-state index contributed by atoms with van der Waals surface area (Å²) in [5.74, 6) is 3.27. The second kappa shape index (κ2) is 11.5. The zero-order chi connectivity index (χ0) is 20.0. The van der Waals surface area contributed by atoms with Crippen molar-refractivity contribution >= 4 is 29.9 Å². The quantitative estimate of drug-likeness (QED) is 0.337. The summed E-state index contributed by atoms with van der Waals surface area (Å²) >= 11 is 0. The van der Waals surface area contributed by atoms with Crippen LogP contribution in [0.25, 0.3) is 0 Å². The third-order valence-corrected chi connectivity index (χ3v) is 5.15. The van der Waals surface area contributed by atoms with Crippen LogP contribution in [0.15, 0.2) is 17.1 Å². The van der Waals surface area contributed by atoms with Crippen LogP contribution in [0.4, 0.5) is 0 Å². The molecular weight excluding hydrogens is 471 g/mol. The molecule has 0 amide bonds. The van der Waals surface area contributed by atoms with Crippen LogP contribution in [0.1, 0.15) is 26.3 Å². The summed E-state index contributed by atoms with van der Waals surface area (Å²) < 4.78 is 16.4. The van der Waals surface area contributed by atoms with E-state index in [4.69, 9.17) is 14.2 Å². The van der Waals surface area contributed by atoms with Crippen molar-refractivity contribution in [1.29, 1.82) is 0 Å². The first-order valence-corrected chi connectivity index (χ1v) is 9.44. The zero-order valence-corrected chi connectivity index (χ0v) is 20.4. The van der Waals surface area contributed by atoms with E-state index in [0.29, 0.717) is 41.8 Å². The Morgan fingerprint density at radius 3 is 2.32 bits per heavy atom. The van der Waals surface area contributed by atoms with Gasteiger partial charge in [-0.15, -0.1) is 24.0 Å². The van der Waals surface area contributed by atoms with Gasteiger partial charge in [0.25, 0.3) is 0 Å². The number of methoxy groups -OCH3 is 3. The van der Waals surface area contributed by atoms with Crippen molar-refractivity contribution in [3.05, 3.63) is 17.7 Å². The number of hydrogen-bond donors (Lipinski definition) is 2. The lowest BCUT2D eigenvalue weighted by Crippen LogP contribution is -2.46. The van der Waals surface area contributed by atoms with Gasteiger partial charge in [0.05, 0.1) is 21.3 Å². The summed E-state index contributed by atoms with van der Waals surface area (Å²) in [5, 5.41) is 6.94. The van der Waals surface area contributed by atoms with Gasteiger partial charge in [0.2, 0.25) is 5.75 Å². The lowest BCUT2D eigenvalue weighted by atomic mass is 10.1. The molecule has 1 heterocycles. The van der Waals surface area contributed by atoms with E-state index in [0.717, 1.165) is 24.6 Å². The van der Waals surface area contributed by atoms with Crippen LogP contribution in [-0.4, -0.2) is 64.4 Å². The predicted molar refractivity (Wildman–Crippen MR) is 125 cm³/mol. The van der Waals surface area contributed by atoms with E-state index in [9.17, 15) is 0 Å². The predicted octanol–water partition coefficient (Wildman–Crippen LogP) is 2.72. The highest BCUT2D eigenvalue weighted by Crippen LogP contribution is 2.39.